The average Bonchev–Trinajstić information content (AvgIpc) is 3.03. The van der Waals surface area contributed by atoms with Crippen molar-refractivity contribution in [3.63, 3.8) is 0 Å². The van der Waals surface area contributed by atoms with Crippen LogP contribution in [0, 0.1) is 0 Å². The molecule has 1 aromatic rings. The van der Waals surface area contributed by atoms with Crippen molar-refractivity contribution in [2.45, 2.75) is 51.4 Å². The maximum Gasteiger partial charge on any atom is 2.00 e. The van der Waals surface area contributed by atoms with Gasteiger partial charge in [0.1, 0.15) is 0 Å². The van der Waals surface area contributed by atoms with E-state index in [1.807, 2.05) is 0 Å². The van der Waals surface area contributed by atoms with Gasteiger partial charge in [-0.2, -0.15) is 35.4 Å². The van der Waals surface area contributed by atoms with Gasteiger partial charge in [0, 0.05) is 12.2 Å². The molecule has 0 spiro atoms. The number of hydrogen-bond donors (Lipinski definition) is 2. The molecule has 1 aromatic carbocycles. The summed E-state index contributed by atoms with van der Waals surface area (Å²) >= 11 is 0. The quantitative estimate of drug-likeness (QED) is 0.455. The summed E-state index contributed by atoms with van der Waals surface area (Å²) < 4.78 is 0. The van der Waals surface area contributed by atoms with Crippen molar-refractivity contribution in [3.8, 4) is 0 Å². The second kappa shape index (κ2) is 15.7. The zero-order chi connectivity index (χ0) is 19.2. The topological polar surface area (TPSA) is 97.7 Å². The molecular weight excluding hydrogens is 368 g/mol. The van der Waals surface area contributed by atoms with Crippen LogP contribution in [0.2, 0.25) is 0 Å². The first-order valence-corrected chi connectivity index (χ1v) is 8.40. The van der Waals surface area contributed by atoms with E-state index in [1.54, 1.807) is 22.3 Å². The molecule has 2 aliphatic rings. The fourth-order valence-electron chi connectivity index (χ4n) is 3.08. The Morgan fingerprint density at radius 1 is 0.846 bits per heavy atom. The monoisotopic (exact) mass is 396 g/mol. The summed E-state index contributed by atoms with van der Waals surface area (Å²) in [4.78, 5) is 18.5. The Kier molecular flexibility index (Phi) is 16.1. The summed E-state index contributed by atoms with van der Waals surface area (Å²) in [5.41, 5.74) is 6.94. The van der Waals surface area contributed by atoms with Crippen LogP contribution in [0.5, 0.6) is 0 Å². The third kappa shape index (κ3) is 9.81. The van der Waals surface area contributed by atoms with Gasteiger partial charge in [-0.1, -0.05) is 64.5 Å². The van der Waals surface area contributed by atoms with Crippen molar-refractivity contribution in [2.75, 3.05) is 7.11 Å². The number of hydrogen-bond acceptors (Lipinski definition) is 3. The molecule has 0 fully saturated rings. The molecule has 142 valence electrons. The minimum absolute atomic E-state index is 0. The number of carboxylic acid groups (broad SMARTS) is 2. The largest absolute Gasteiger partial charge is 2.00 e. The summed E-state index contributed by atoms with van der Waals surface area (Å²) in [7, 11) is 0.750. The fourth-order valence-corrected chi connectivity index (χ4v) is 3.08. The van der Waals surface area contributed by atoms with Gasteiger partial charge in [0.15, 0.2) is 0 Å². The summed E-state index contributed by atoms with van der Waals surface area (Å²) in [5, 5.41) is 23.5. The fraction of sp³-hybridized carbons (Fsp3) is 0.450. The number of aliphatic carboxylic acids is 2. The molecule has 6 heteroatoms. The molecule has 0 unspecified atom stereocenters. The van der Waals surface area contributed by atoms with Crippen LogP contribution in [0.4, 0.5) is 0 Å². The van der Waals surface area contributed by atoms with Gasteiger partial charge in [0.05, 0.1) is 0 Å². The Balaban J connectivity index is 0. The molecule has 0 aliphatic heterocycles. The van der Waals surface area contributed by atoms with Crippen molar-refractivity contribution in [3.05, 3.63) is 53.6 Å². The van der Waals surface area contributed by atoms with Gasteiger partial charge < -0.3 is 15.3 Å². The number of carbonyl (C=O) groups is 2. The summed E-state index contributed by atoms with van der Waals surface area (Å²) in [6, 6.07) is 2.52. The number of aryl methyl sites for hydroxylation is 2. The second-order valence-electron chi connectivity index (χ2n) is 5.65. The molecule has 5 nitrogen and oxygen atoms in total. The molecule has 0 atom stereocenters. The van der Waals surface area contributed by atoms with E-state index in [-0.39, 0.29) is 21.7 Å². The molecule has 26 heavy (non-hydrogen) atoms. The van der Waals surface area contributed by atoms with E-state index in [0.717, 1.165) is 19.3 Å². The third-order valence-electron chi connectivity index (χ3n) is 4.08. The van der Waals surface area contributed by atoms with E-state index in [1.165, 1.54) is 51.4 Å². The molecule has 3 rings (SSSR count). The Hall–Kier alpha value is -1.56. The van der Waals surface area contributed by atoms with E-state index < -0.39 is 11.9 Å². The van der Waals surface area contributed by atoms with E-state index in [9.17, 15) is 9.59 Å². The molecule has 0 saturated carbocycles. The first-order valence-electron chi connectivity index (χ1n) is 8.40. The Morgan fingerprint density at radius 3 is 1.38 bits per heavy atom. The van der Waals surface area contributed by atoms with E-state index in [4.69, 9.17) is 15.3 Å². The van der Waals surface area contributed by atoms with Gasteiger partial charge in [0.25, 0.3) is 0 Å². The predicted octanol–water partition coefficient (Wildman–Crippen LogP) is 2.65. The molecule has 0 radical (unpaired) electrons. The Labute approximate surface area is 170 Å². The molecule has 0 saturated heterocycles. The van der Waals surface area contributed by atoms with Crippen LogP contribution in [-0.2, 0) is 57.0 Å². The van der Waals surface area contributed by atoms with Crippen LogP contribution in [0.3, 0.4) is 0 Å². The summed E-state index contributed by atoms with van der Waals surface area (Å²) in [5.74, 6) is -1.96. The Bertz CT molecular complexity index is 527. The smallest absolute Gasteiger partial charge is 0.857 e. The van der Waals surface area contributed by atoms with Crippen LogP contribution in [0.25, 0.3) is 0 Å². The normalized spacial score (nSPS) is 13.2. The average molecular weight is 396 g/mol. The molecule has 0 heterocycles. The number of fused-ring (bicyclic) bond motifs is 3. The van der Waals surface area contributed by atoms with E-state index in [0.29, 0.717) is 0 Å². The standard InChI is InChI=1S/C13H17.2C3H4O2.CH3O.Ti/c1-3-7-12-10(5-1)9-11-6-2-4-8-13(11)12;2*1-2-3(4)5;1-2;/h9H,1-8H2;2*2H,1H2,(H,4,5);1H3;/q-1;;;-1;+2. The van der Waals surface area contributed by atoms with Crippen LogP contribution >= 0.6 is 0 Å². The number of rotatable bonds is 2. The molecule has 2 aliphatic carbocycles. The van der Waals surface area contributed by atoms with Crippen LogP contribution < -0.4 is 5.11 Å². The molecule has 0 bridgehead atoms. The van der Waals surface area contributed by atoms with Gasteiger partial charge >= 0.3 is 33.7 Å². The van der Waals surface area contributed by atoms with Crippen molar-refractivity contribution in [1.29, 1.82) is 0 Å². The van der Waals surface area contributed by atoms with Crippen molar-refractivity contribution >= 4 is 11.9 Å². The summed E-state index contributed by atoms with van der Waals surface area (Å²) in [6.45, 7) is 5.92. The number of carboxylic acids is 2. The zero-order valence-corrected chi connectivity index (χ0v) is 17.0. The van der Waals surface area contributed by atoms with Crippen LogP contribution in [-0.4, -0.2) is 29.3 Å². The third-order valence-corrected chi connectivity index (χ3v) is 4.08. The van der Waals surface area contributed by atoms with Crippen LogP contribution in [0.15, 0.2) is 31.4 Å². The molecule has 0 aromatic heterocycles. The van der Waals surface area contributed by atoms with Crippen LogP contribution in [0.1, 0.15) is 47.9 Å². The maximum atomic E-state index is 9.25. The van der Waals surface area contributed by atoms with Crippen molar-refractivity contribution in [2.24, 2.45) is 0 Å². The van der Waals surface area contributed by atoms with Gasteiger partial charge in [-0.25, -0.2) is 9.59 Å². The van der Waals surface area contributed by atoms with E-state index >= 15 is 0 Å². The van der Waals surface area contributed by atoms with Gasteiger partial charge in [-0.15, -0.1) is 0 Å². The molecule has 2 N–H and O–H groups in total. The minimum Gasteiger partial charge on any atom is -0.857 e. The SMILES string of the molecule is C=CC(=O)O.C=CC(=O)O.C[O-].[Ti+2].[cH-]1c2c(c3c1CCCC3)CCCC2. The van der Waals surface area contributed by atoms with Gasteiger partial charge in [-0.05, 0) is 0 Å². The summed E-state index contributed by atoms with van der Waals surface area (Å²) in [6.07, 6.45) is 12.9. The maximum absolute atomic E-state index is 9.25. The zero-order valence-electron chi connectivity index (χ0n) is 15.4. The minimum atomic E-state index is -0.981. The first-order chi connectivity index (χ1) is 12.0. The van der Waals surface area contributed by atoms with E-state index in [2.05, 4.69) is 19.2 Å². The van der Waals surface area contributed by atoms with Gasteiger partial charge in [0.2, 0.25) is 0 Å². The Morgan fingerprint density at radius 2 is 1.12 bits per heavy atom. The van der Waals surface area contributed by atoms with Crippen molar-refractivity contribution in [1.82, 2.24) is 0 Å². The predicted molar refractivity (Wildman–Crippen MR) is 96.9 cm³/mol. The molecule has 0 amide bonds. The van der Waals surface area contributed by atoms with Crippen molar-refractivity contribution < 1.29 is 46.6 Å². The van der Waals surface area contributed by atoms with Gasteiger partial charge in [-0.3, -0.25) is 0 Å². The first kappa shape index (κ1) is 26.7. The molecular formula is C20H28O5Ti. The second-order valence-corrected chi connectivity index (χ2v) is 5.65.